The largest absolute Gasteiger partial charge is 0.441 e. The maximum Gasteiger partial charge on any atom is 0.441 e. The Kier molecular flexibility index (Phi) is 7.40. The van der Waals surface area contributed by atoms with Crippen molar-refractivity contribution in [1.82, 2.24) is 5.32 Å². The minimum Gasteiger partial charge on any atom is -0.314 e. The molecule has 0 aromatic heterocycles. The monoisotopic (exact) mass is 369 g/mol. The van der Waals surface area contributed by atoms with Gasteiger partial charge in [-0.3, -0.25) is 0 Å². The summed E-state index contributed by atoms with van der Waals surface area (Å²) in [5.41, 5.74) is -3.09. The molecule has 0 bridgehead atoms. The van der Waals surface area contributed by atoms with Crippen LogP contribution in [0.3, 0.4) is 0 Å². The van der Waals surface area contributed by atoms with Crippen LogP contribution >= 0.6 is 27.7 Å². The summed E-state index contributed by atoms with van der Waals surface area (Å²) in [4.78, 5) is 0. The summed E-state index contributed by atoms with van der Waals surface area (Å²) in [6.45, 7) is 4.74. The van der Waals surface area contributed by atoms with Gasteiger partial charge >= 0.3 is 5.51 Å². The van der Waals surface area contributed by atoms with Crippen LogP contribution in [-0.4, -0.2) is 23.8 Å². The number of nitrogens with one attached hydrogen (secondary N) is 1. The van der Waals surface area contributed by atoms with Gasteiger partial charge in [-0.05, 0) is 24.0 Å². The lowest BCUT2D eigenvalue weighted by Gasteiger charge is -2.21. The summed E-state index contributed by atoms with van der Waals surface area (Å²) in [5, 5.41) is 3.31. The standard InChI is InChI=1S/C14H19BrF3NS/c1-10(2)19-9-11(7-8-20-14(16,17)18)12-5-3-4-6-13(12)15/h3-6,10-11,19H,7-9H2,1-2H3. The summed E-state index contributed by atoms with van der Waals surface area (Å²) in [5.74, 6) is 0.151. The molecule has 1 aromatic carbocycles. The Balaban J connectivity index is 2.68. The van der Waals surface area contributed by atoms with Gasteiger partial charge < -0.3 is 5.32 Å². The second-order valence-corrected chi connectivity index (χ2v) is 6.88. The van der Waals surface area contributed by atoms with Gasteiger partial charge in [0.25, 0.3) is 0 Å². The lowest BCUT2D eigenvalue weighted by Crippen LogP contribution is -2.28. The van der Waals surface area contributed by atoms with Gasteiger partial charge in [0.05, 0.1) is 0 Å². The first-order chi connectivity index (χ1) is 9.29. The predicted molar refractivity (Wildman–Crippen MR) is 83.2 cm³/mol. The molecule has 114 valence electrons. The van der Waals surface area contributed by atoms with Crippen molar-refractivity contribution in [2.75, 3.05) is 12.3 Å². The number of thioether (sulfide) groups is 1. The number of alkyl halides is 3. The number of hydrogen-bond acceptors (Lipinski definition) is 2. The highest BCUT2D eigenvalue weighted by atomic mass is 79.9. The number of rotatable bonds is 7. The third kappa shape index (κ3) is 6.99. The number of benzene rings is 1. The Morgan fingerprint density at radius 3 is 2.45 bits per heavy atom. The van der Waals surface area contributed by atoms with Gasteiger partial charge in [0.1, 0.15) is 0 Å². The van der Waals surface area contributed by atoms with E-state index in [1.807, 2.05) is 38.1 Å². The van der Waals surface area contributed by atoms with Crippen LogP contribution < -0.4 is 5.32 Å². The Hall–Kier alpha value is -0.200. The fraction of sp³-hybridized carbons (Fsp3) is 0.571. The Morgan fingerprint density at radius 2 is 1.90 bits per heavy atom. The third-order valence-electron chi connectivity index (χ3n) is 2.85. The maximum absolute atomic E-state index is 12.2. The van der Waals surface area contributed by atoms with Gasteiger partial charge in [-0.1, -0.05) is 59.7 Å². The molecular weight excluding hydrogens is 351 g/mol. The highest BCUT2D eigenvalue weighted by molar-refractivity contribution is 9.10. The zero-order valence-electron chi connectivity index (χ0n) is 11.5. The summed E-state index contributed by atoms with van der Waals surface area (Å²) >= 11 is 3.53. The molecule has 1 aromatic rings. The van der Waals surface area contributed by atoms with Crippen molar-refractivity contribution in [3.63, 3.8) is 0 Å². The lowest BCUT2D eigenvalue weighted by molar-refractivity contribution is -0.0328. The molecule has 0 amide bonds. The van der Waals surface area contributed by atoms with Crippen molar-refractivity contribution < 1.29 is 13.2 Å². The second kappa shape index (κ2) is 8.29. The van der Waals surface area contributed by atoms with Crippen LogP contribution in [0.4, 0.5) is 13.2 Å². The van der Waals surface area contributed by atoms with Crippen molar-refractivity contribution in [3.8, 4) is 0 Å². The van der Waals surface area contributed by atoms with E-state index in [0.29, 0.717) is 19.0 Å². The normalized spacial score (nSPS) is 13.8. The molecule has 1 unspecified atom stereocenters. The SMILES string of the molecule is CC(C)NCC(CCSC(F)(F)F)c1ccccc1Br. The van der Waals surface area contributed by atoms with Crippen molar-refractivity contribution in [2.24, 2.45) is 0 Å². The molecule has 6 heteroatoms. The van der Waals surface area contributed by atoms with Crippen LogP contribution in [0.2, 0.25) is 0 Å². The minimum absolute atomic E-state index is 0.0536. The number of halogens is 4. The zero-order chi connectivity index (χ0) is 15.2. The van der Waals surface area contributed by atoms with E-state index in [0.717, 1.165) is 10.0 Å². The smallest absolute Gasteiger partial charge is 0.314 e. The van der Waals surface area contributed by atoms with Gasteiger partial charge in [0.2, 0.25) is 0 Å². The van der Waals surface area contributed by atoms with Crippen molar-refractivity contribution >= 4 is 27.7 Å². The molecular formula is C14H19BrF3NS. The molecule has 1 rings (SSSR count). The molecule has 0 fully saturated rings. The molecule has 0 spiro atoms. The quantitative estimate of drug-likeness (QED) is 0.710. The van der Waals surface area contributed by atoms with Crippen LogP contribution in [0.25, 0.3) is 0 Å². The van der Waals surface area contributed by atoms with Crippen molar-refractivity contribution in [2.45, 2.75) is 37.7 Å². The third-order valence-corrected chi connectivity index (χ3v) is 4.34. The fourth-order valence-electron chi connectivity index (χ4n) is 1.87. The lowest BCUT2D eigenvalue weighted by atomic mass is 9.96. The van der Waals surface area contributed by atoms with Crippen molar-refractivity contribution in [3.05, 3.63) is 34.3 Å². The second-order valence-electron chi connectivity index (χ2n) is 4.86. The topological polar surface area (TPSA) is 12.0 Å². The van der Waals surface area contributed by atoms with E-state index < -0.39 is 5.51 Å². The van der Waals surface area contributed by atoms with Crippen LogP contribution in [0.5, 0.6) is 0 Å². The molecule has 0 saturated carbocycles. The fourth-order valence-corrected chi connectivity index (χ4v) is 3.11. The number of hydrogen-bond donors (Lipinski definition) is 1. The highest BCUT2D eigenvalue weighted by Gasteiger charge is 2.28. The Bertz CT molecular complexity index is 410. The summed E-state index contributed by atoms with van der Waals surface area (Å²) < 4.78 is 37.7. The van der Waals surface area contributed by atoms with E-state index in [1.54, 1.807) is 0 Å². The average molecular weight is 370 g/mol. The Morgan fingerprint density at radius 1 is 1.25 bits per heavy atom. The molecule has 0 aliphatic heterocycles. The first-order valence-electron chi connectivity index (χ1n) is 6.48. The van der Waals surface area contributed by atoms with Crippen LogP contribution in [-0.2, 0) is 0 Å². The summed E-state index contributed by atoms with van der Waals surface area (Å²) in [6.07, 6.45) is 0.493. The van der Waals surface area contributed by atoms with Crippen LogP contribution in [0.1, 0.15) is 31.7 Å². The van der Waals surface area contributed by atoms with Crippen LogP contribution in [0, 0.1) is 0 Å². The first-order valence-corrected chi connectivity index (χ1v) is 8.26. The van der Waals surface area contributed by atoms with E-state index in [9.17, 15) is 13.2 Å². The van der Waals surface area contributed by atoms with E-state index in [4.69, 9.17) is 0 Å². The first kappa shape index (κ1) is 17.9. The Labute approximate surface area is 130 Å². The molecule has 0 aliphatic rings. The molecule has 1 N–H and O–H groups in total. The average Bonchev–Trinajstić information content (AvgIpc) is 2.33. The summed E-state index contributed by atoms with van der Waals surface area (Å²) in [7, 11) is 0. The zero-order valence-corrected chi connectivity index (χ0v) is 13.9. The van der Waals surface area contributed by atoms with E-state index >= 15 is 0 Å². The van der Waals surface area contributed by atoms with E-state index in [1.165, 1.54) is 0 Å². The molecule has 0 heterocycles. The van der Waals surface area contributed by atoms with E-state index in [-0.39, 0.29) is 23.4 Å². The minimum atomic E-state index is -4.15. The maximum atomic E-state index is 12.2. The van der Waals surface area contributed by atoms with Gasteiger partial charge in [-0.15, -0.1) is 0 Å². The van der Waals surface area contributed by atoms with Crippen LogP contribution in [0.15, 0.2) is 28.7 Å². The van der Waals surface area contributed by atoms with E-state index in [2.05, 4.69) is 21.2 Å². The molecule has 20 heavy (non-hydrogen) atoms. The highest BCUT2D eigenvalue weighted by Crippen LogP contribution is 2.34. The predicted octanol–water partition coefficient (Wildman–Crippen LogP) is 5.17. The summed E-state index contributed by atoms with van der Waals surface area (Å²) in [6, 6.07) is 8.03. The van der Waals surface area contributed by atoms with Gasteiger partial charge in [0, 0.05) is 22.8 Å². The molecule has 0 saturated heterocycles. The van der Waals surface area contributed by atoms with Gasteiger partial charge in [-0.2, -0.15) is 13.2 Å². The van der Waals surface area contributed by atoms with Gasteiger partial charge in [-0.25, -0.2) is 0 Å². The van der Waals surface area contributed by atoms with Crippen molar-refractivity contribution in [1.29, 1.82) is 0 Å². The molecule has 1 nitrogen and oxygen atoms in total. The molecule has 0 radical (unpaired) electrons. The van der Waals surface area contributed by atoms with Gasteiger partial charge in [0.15, 0.2) is 0 Å². The molecule has 1 atom stereocenters. The molecule has 0 aliphatic carbocycles.